The van der Waals surface area contributed by atoms with E-state index in [4.69, 9.17) is 5.11 Å². The van der Waals surface area contributed by atoms with Gasteiger partial charge in [-0.3, -0.25) is 0 Å². The number of aryl methyl sites for hydroxylation is 4. The van der Waals surface area contributed by atoms with Gasteiger partial charge in [0.25, 0.3) is 0 Å². The third-order valence-corrected chi connectivity index (χ3v) is 6.87. The highest BCUT2D eigenvalue weighted by Gasteiger charge is 1.99. The van der Waals surface area contributed by atoms with Crippen molar-refractivity contribution in [3.8, 4) is 28.0 Å². The molecule has 0 radical (unpaired) electrons. The highest BCUT2D eigenvalue weighted by atomic mass is 16.3. The van der Waals surface area contributed by atoms with Crippen molar-refractivity contribution in [3.63, 3.8) is 0 Å². The van der Waals surface area contributed by atoms with Gasteiger partial charge in [0.2, 0.25) is 0 Å². The van der Waals surface area contributed by atoms with Gasteiger partial charge in [0, 0.05) is 0 Å². The highest BCUT2D eigenvalue weighted by molar-refractivity contribution is 5.64. The summed E-state index contributed by atoms with van der Waals surface area (Å²) in [6, 6.07) is 44.1. The van der Waals surface area contributed by atoms with Crippen molar-refractivity contribution in [2.75, 3.05) is 0 Å². The van der Waals surface area contributed by atoms with Gasteiger partial charge in [0.1, 0.15) is 5.75 Å². The quantitative estimate of drug-likeness (QED) is 0.239. The number of para-hydroxylation sites is 1. The van der Waals surface area contributed by atoms with E-state index in [1.165, 1.54) is 44.5 Å². The average Bonchev–Trinajstić information content (AvgIpc) is 3.02. The Kier molecular flexibility index (Phi) is 12.1. The zero-order valence-corrected chi connectivity index (χ0v) is 23.9. The second-order valence-electron chi connectivity index (χ2n) is 9.54. The average molecular weight is 515 g/mol. The number of hydrogen-bond acceptors (Lipinski definition) is 1. The third-order valence-electron chi connectivity index (χ3n) is 6.87. The van der Waals surface area contributed by atoms with E-state index in [0.717, 1.165) is 25.7 Å². The fourth-order valence-corrected chi connectivity index (χ4v) is 4.16. The van der Waals surface area contributed by atoms with Crippen molar-refractivity contribution >= 4 is 0 Å². The van der Waals surface area contributed by atoms with Crippen LogP contribution in [0.1, 0.15) is 49.9 Å². The van der Waals surface area contributed by atoms with Crippen LogP contribution in [0.25, 0.3) is 22.3 Å². The molecule has 0 aliphatic carbocycles. The molecule has 0 unspecified atom stereocenters. The van der Waals surface area contributed by atoms with Crippen LogP contribution in [0.4, 0.5) is 0 Å². The van der Waals surface area contributed by atoms with Crippen molar-refractivity contribution in [1.82, 2.24) is 0 Å². The Bertz CT molecular complexity index is 1150. The van der Waals surface area contributed by atoms with Crippen molar-refractivity contribution in [3.05, 3.63) is 150 Å². The molecule has 1 nitrogen and oxygen atoms in total. The summed E-state index contributed by atoms with van der Waals surface area (Å²) in [4.78, 5) is 0. The van der Waals surface area contributed by atoms with E-state index in [1.807, 2.05) is 6.07 Å². The maximum atomic E-state index is 8.63. The first-order chi connectivity index (χ1) is 19.1. The molecule has 0 aliphatic rings. The molecule has 0 saturated heterocycles. The molecule has 0 spiro atoms. The summed E-state index contributed by atoms with van der Waals surface area (Å²) in [7, 11) is 0. The van der Waals surface area contributed by atoms with E-state index in [2.05, 4.69) is 125 Å². The zero-order valence-electron chi connectivity index (χ0n) is 23.9. The van der Waals surface area contributed by atoms with Gasteiger partial charge in [-0.1, -0.05) is 143 Å². The van der Waals surface area contributed by atoms with Crippen molar-refractivity contribution < 1.29 is 5.11 Å². The van der Waals surface area contributed by atoms with Gasteiger partial charge >= 0.3 is 0 Å². The molecule has 1 heteroatoms. The maximum Gasteiger partial charge on any atom is 0.115 e. The predicted molar refractivity (Wildman–Crippen MR) is 169 cm³/mol. The van der Waals surface area contributed by atoms with E-state index in [0.29, 0.717) is 5.75 Å². The van der Waals surface area contributed by atoms with E-state index in [-0.39, 0.29) is 0 Å². The van der Waals surface area contributed by atoms with Crippen molar-refractivity contribution in [2.24, 2.45) is 0 Å². The van der Waals surface area contributed by atoms with Crippen LogP contribution in [0.15, 0.2) is 127 Å². The Morgan fingerprint density at radius 3 is 0.718 bits per heavy atom. The smallest absolute Gasteiger partial charge is 0.115 e. The minimum Gasteiger partial charge on any atom is -0.508 e. The lowest BCUT2D eigenvalue weighted by Gasteiger charge is -2.04. The summed E-state index contributed by atoms with van der Waals surface area (Å²) in [5, 5.41) is 8.63. The summed E-state index contributed by atoms with van der Waals surface area (Å²) in [5.74, 6) is 0.322. The second kappa shape index (κ2) is 16.0. The summed E-state index contributed by atoms with van der Waals surface area (Å²) in [6.07, 6.45) is 4.42. The van der Waals surface area contributed by atoms with Crippen LogP contribution in [-0.2, 0) is 25.7 Å². The molecule has 0 amide bonds. The fraction of sp³-hybridized carbons (Fsp3) is 0.211. The first kappa shape index (κ1) is 29.5. The summed E-state index contributed by atoms with van der Waals surface area (Å²) < 4.78 is 0. The van der Waals surface area contributed by atoms with E-state index in [9.17, 15) is 0 Å². The number of hydrogen-bond donors (Lipinski definition) is 1. The molecular weight excluding hydrogens is 472 g/mol. The van der Waals surface area contributed by atoms with E-state index in [1.54, 1.807) is 24.3 Å². The zero-order chi connectivity index (χ0) is 27.9. The van der Waals surface area contributed by atoms with Crippen LogP contribution in [0.2, 0.25) is 0 Å². The number of aromatic hydroxyl groups is 1. The molecule has 5 aromatic rings. The monoisotopic (exact) mass is 514 g/mol. The van der Waals surface area contributed by atoms with Crippen LogP contribution in [0.5, 0.6) is 5.75 Å². The molecule has 0 aromatic heterocycles. The van der Waals surface area contributed by atoms with Gasteiger partial charge in [-0.25, -0.2) is 0 Å². The standard InChI is InChI=1S/2C16H18.C6H6O/c2*1-3-13-5-9-15(10-6-13)16-11-7-14(4-2)8-12-16;7-6-4-2-1-3-5-6/h2*5-12H,3-4H2,1-2H3;1-5,7H. The maximum absolute atomic E-state index is 8.63. The Labute approximate surface area is 235 Å². The Morgan fingerprint density at radius 2 is 0.564 bits per heavy atom. The van der Waals surface area contributed by atoms with Gasteiger partial charge in [-0.15, -0.1) is 0 Å². The van der Waals surface area contributed by atoms with Crippen LogP contribution < -0.4 is 0 Å². The van der Waals surface area contributed by atoms with E-state index < -0.39 is 0 Å². The third kappa shape index (κ3) is 9.61. The SMILES string of the molecule is CCc1ccc(-c2ccc(CC)cc2)cc1.CCc1ccc(-c2ccc(CC)cc2)cc1.Oc1ccccc1. The first-order valence-electron chi connectivity index (χ1n) is 14.2. The summed E-state index contributed by atoms with van der Waals surface area (Å²) in [6.45, 7) is 8.74. The summed E-state index contributed by atoms with van der Waals surface area (Å²) >= 11 is 0. The van der Waals surface area contributed by atoms with Crippen LogP contribution in [0, 0.1) is 0 Å². The molecule has 0 bridgehead atoms. The number of phenolic OH excluding ortho intramolecular Hbond substituents is 1. The van der Waals surface area contributed by atoms with Gasteiger partial charge in [0.05, 0.1) is 0 Å². The minimum absolute atomic E-state index is 0.322. The van der Waals surface area contributed by atoms with Gasteiger partial charge in [-0.2, -0.15) is 0 Å². The largest absolute Gasteiger partial charge is 0.508 e. The molecule has 0 aliphatic heterocycles. The lowest BCUT2D eigenvalue weighted by Crippen LogP contribution is -1.83. The number of benzene rings is 5. The second-order valence-corrected chi connectivity index (χ2v) is 9.54. The van der Waals surface area contributed by atoms with Crippen LogP contribution in [0.3, 0.4) is 0 Å². The van der Waals surface area contributed by atoms with Crippen molar-refractivity contribution in [2.45, 2.75) is 53.4 Å². The molecule has 5 aromatic carbocycles. The molecule has 0 saturated carbocycles. The molecule has 1 N–H and O–H groups in total. The molecule has 0 atom stereocenters. The lowest BCUT2D eigenvalue weighted by atomic mass is 10.0. The topological polar surface area (TPSA) is 20.2 Å². The Balaban J connectivity index is 0.000000174. The molecular formula is C38H42O. The Morgan fingerprint density at radius 1 is 0.333 bits per heavy atom. The molecule has 39 heavy (non-hydrogen) atoms. The van der Waals surface area contributed by atoms with Gasteiger partial charge < -0.3 is 5.11 Å². The normalized spacial score (nSPS) is 10.1. The lowest BCUT2D eigenvalue weighted by molar-refractivity contribution is 0.475. The van der Waals surface area contributed by atoms with Crippen LogP contribution >= 0.6 is 0 Å². The number of rotatable bonds is 6. The van der Waals surface area contributed by atoms with Gasteiger partial charge in [0.15, 0.2) is 0 Å². The minimum atomic E-state index is 0.322. The van der Waals surface area contributed by atoms with E-state index >= 15 is 0 Å². The van der Waals surface area contributed by atoms with Crippen molar-refractivity contribution in [1.29, 1.82) is 0 Å². The first-order valence-corrected chi connectivity index (χ1v) is 14.2. The van der Waals surface area contributed by atoms with Gasteiger partial charge in [-0.05, 0) is 82.3 Å². The fourth-order valence-electron chi connectivity index (χ4n) is 4.16. The predicted octanol–water partition coefficient (Wildman–Crippen LogP) is 10.3. The summed E-state index contributed by atoms with van der Waals surface area (Å²) in [5.41, 5.74) is 10.8. The number of phenols is 1. The Hall–Kier alpha value is -4.10. The molecule has 0 fully saturated rings. The van der Waals surface area contributed by atoms with Crippen LogP contribution in [-0.4, -0.2) is 5.11 Å². The highest BCUT2D eigenvalue weighted by Crippen LogP contribution is 2.22. The molecule has 200 valence electrons. The molecule has 0 heterocycles. The molecule has 5 rings (SSSR count).